The predicted molar refractivity (Wildman–Crippen MR) is 75.1 cm³/mol. The summed E-state index contributed by atoms with van der Waals surface area (Å²) in [5, 5.41) is 0. The maximum Gasteiger partial charge on any atom is 0.305 e. The van der Waals surface area contributed by atoms with E-state index >= 15 is 0 Å². The molecule has 1 rings (SSSR count). The zero-order valence-corrected chi connectivity index (χ0v) is 12.5. The summed E-state index contributed by atoms with van der Waals surface area (Å²) in [5.74, 6) is 0.0174. The topological polar surface area (TPSA) is 26.3 Å². The Hall–Kier alpha value is -0.313. The van der Waals surface area contributed by atoms with Crippen molar-refractivity contribution < 1.29 is 9.53 Å². The highest BCUT2D eigenvalue weighted by molar-refractivity contribution is 6.58. The Balaban J connectivity index is 1.90. The molecule has 100 valence electrons. The standard InChI is InChI=1S/C14H28O2Si/c1-2-3-10-16-14(15)9-5-8-13-17-11-6-4-7-12-17/h17H,2-13H2,1H3. The van der Waals surface area contributed by atoms with Gasteiger partial charge in [0, 0.05) is 15.2 Å². The fraction of sp³-hybridized carbons (Fsp3) is 0.929. The highest BCUT2D eigenvalue weighted by Gasteiger charge is 2.14. The Morgan fingerprint density at radius 1 is 1.12 bits per heavy atom. The zero-order valence-electron chi connectivity index (χ0n) is 11.4. The van der Waals surface area contributed by atoms with Crippen LogP contribution in [-0.2, 0) is 9.53 Å². The summed E-state index contributed by atoms with van der Waals surface area (Å²) in [6.45, 7) is 2.73. The Bertz CT molecular complexity index is 200. The highest BCUT2D eigenvalue weighted by atomic mass is 28.3. The van der Waals surface area contributed by atoms with Crippen molar-refractivity contribution in [2.45, 2.75) is 76.4 Å². The summed E-state index contributed by atoms with van der Waals surface area (Å²) in [4.78, 5) is 11.4. The van der Waals surface area contributed by atoms with Gasteiger partial charge >= 0.3 is 5.97 Å². The number of esters is 1. The Morgan fingerprint density at radius 2 is 1.88 bits per heavy atom. The third-order valence-corrected chi connectivity index (χ3v) is 7.40. The lowest BCUT2D eigenvalue weighted by Crippen LogP contribution is -2.15. The van der Waals surface area contributed by atoms with Crippen LogP contribution in [0.15, 0.2) is 0 Å². The van der Waals surface area contributed by atoms with Crippen molar-refractivity contribution in [3.05, 3.63) is 0 Å². The van der Waals surface area contributed by atoms with E-state index in [0.29, 0.717) is 13.0 Å². The van der Waals surface area contributed by atoms with Crippen LogP contribution in [0.25, 0.3) is 0 Å². The quantitative estimate of drug-likeness (QED) is 0.374. The minimum Gasteiger partial charge on any atom is -0.466 e. The van der Waals surface area contributed by atoms with Crippen LogP contribution in [0.1, 0.15) is 58.3 Å². The van der Waals surface area contributed by atoms with E-state index in [1.165, 1.54) is 31.7 Å². The van der Waals surface area contributed by atoms with E-state index in [2.05, 4.69) is 6.92 Å². The molecule has 0 spiro atoms. The van der Waals surface area contributed by atoms with Crippen LogP contribution in [0.5, 0.6) is 0 Å². The van der Waals surface area contributed by atoms with Crippen LogP contribution in [-0.4, -0.2) is 21.4 Å². The van der Waals surface area contributed by atoms with Gasteiger partial charge in [-0.1, -0.05) is 57.2 Å². The van der Waals surface area contributed by atoms with Crippen LogP contribution < -0.4 is 0 Å². The molecular weight excluding hydrogens is 228 g/mol. The summed E-state index contributed by atoms with van der Waals surface area (Å²) in [5.41, 5.74) is 0. The first kappa shape index (κ1) is 14.7. The Kier molecular flexibility index (Phi) is 8.41. The lowest BCUT2D eigenvalue weighted by atomic mass is 10.2. The van der Waals surface area contributed by atoms with Gasteiger partial charge in [0.1, 0.15) is 0 Å². The van der Waals surface area contributed by atoms with E-state index in [4.69, 9.17) is 4.74 Å². The Labute approximate surface area is 108 Å². The number of hydrogen-bond donors (Lipinski definition) is 0. The summed E-state index contributed by atoms with van der Waals surface area (Å²) < 4.78 is 5.15. The van der Waals surface area contributed by atoms with Crippen LogP contribution in [0, 0.1) is 0 Å². The maximum absolute atomic E-state index is 11.4. The van der Waals surface area contributed by atoms with Gasteiger partial charge in [-0.25, -0.2) is 0 Å². The van der Waals surface area contributed by atoms with Gasteiger partial charge in [-0.3, -0.25) is 4.79 Å². The second kappa shape index (κ2) is 9.69. The van der Waals surface area contributed by atoms with Gasteiger partial charge < -0.3 is 4.74 Å². The fourth-order valence-corrected chi connectivity index (χ4v) is 6.04. The number of ether oxygens (including phenoxy) is 1. The second-order valence-corrected chi connectivity index (χ2v) is 8.79. The molecule has 1 aliphatic rings. The van der Waals surface area contributed by atoms with Crippen LogP contribution in [0.2, 0.25) is 18.1 Å². The van der Waals surface area contributed by atoms with Crippen molar-refractivity contribution in [1.29, 1.82) is 0 Å². The molecule has 0 radical (unpaired) electrons. The second-order valence-electron chi connectivity index (χ2n) is 5.32. The molecule has 0 N–H and O–H groups in total. The average Bonchev–Trinajstić information content (AvgIpc) is 2.36. The van der Waals surface area contributed by atoms with Crippen LogP contribution in [0.3, 0.4) is 0 Å². The molecule has 0 bridgehead atoms. The molecule has 0 aromatic heterocycles. The number of rotatable bonds is 8. The smallest absolute Gasteiger partial charge is 0.305 e. The highest BCUT2D eigenvalue weighted by Crippen LogP contribution is 2.23. The molecule has 0 aromatic rings. The van der Waals surface area contributed by atoms with Gasteiger partial charge in [-0.2, -0.15) is 0 Å². The zero-order chi connectivity index (χ0) is 12.3. The van der Waals surface area contributed by atoms with E-state index in [1.54, 1.807) is 12.1 Å². The third kappa shape index (κ3) is 7.58. The van der Waals surface area contributed by atoms with Crippen molar-refractivity contribution in [2.75, 3.05) is 6.61 Å². The predicted octanol–water partition coefficient (Wildman–Crippen LogP) is 3.91. The molecule has 1 fully saturated rings. The van der Waals surface area contributed by atoms with Crippen molar-refractivity contribution in [3.8, 4) is 0 Å². The molecule has 0 atom stereocenters. The molecule has 17 heavy (non-hydrogen) atoms. The largest absolute Gasteiger partial charge is 0.466 e. The SMILES string of the molecule is CCCCOC(=O)CCCC[SiH]1CCCCC1. The summed E-state index contributed by atoms with van der Waals surface area (Å²) in [6.07, 6.45) is 9.49. The van der Waals surface area contributed by atoms with Crippen molar-refractivity contribution >= 4 is 14.8 Å². The van der Waals surface area contributed by atoms with Crippen molar-refractivity contribution in [2.24, 2.45) is 0 Å². The maximum atomic E-state index is 11.4. The minimum absolute atomic E-state index is 0.0174. The van der Waals surface area contributed by atoms with E-state index in [-0.39, 0.29) is 14.8 Å². The first-order valence-corrected chi connectivity index (χ1v) is 9.93. The molecule has 0 amide bonds. The molecule has 0 unspecified atom stereocenters. The summed E-state index contributed by atoms with van der Waals surface area (Å²) in [7, 11) is -0.369. The molecule has 0 saturated carbocycles. The first-order chi connectivity index (χ1) is 8.33. The van der Waals surface area contributed by atoms with E-state index < -0.39 is 0 Å². The van der Waals surface area contributed by atoms with Crippen LogP contribution in [0.4, 0.5) is 0 Å². The average molecular weight is 256 g/mol. The Morgan fingerprint density at radius 3 is 2.59 bits per heavy atom. The van der Waals surface area contributed by atoms with E-state index in [1.807, 2.05) is 0 Å². The molecule has 2 nitrogen and oxygen atoms in total. The van der Waals surface area contributed by atoms with Gasteiger partial charge in [0.25, 0.3) is 0 Å². The molecule has 0 aromatic carbocycles. The summed E-state index contributed by atoms with van der Waals surface area (Å²) >= 11 is 0. The lowest BCUT2D eigenvalue weighted by molar-refractivity contribution is -0.143. The van der Waals surface area contributed by atoms with Gasteiger partial charge in [0.15, 0.2) is 0 Å². The molecule has 0 aliphatic carbocycles. The third-order valence-electron chi connectivity index (χ3n) is 3.73. The summed E-state index contributed by atoms with van der Waals surface area (Å²) in [6, 6.07) is 4.57. The van der Waals surface area contributed by atoms with Crippen LogP contribution >= 0.6 is 0 Å². The van der Waals surface area contributed by atoms with Gasteiger partial charge in [0.05, 0.1) is 6.61 Å². The van der Waals surface area contributed by atoms with Gasteiger partial charge in [-0.15, -0.1) is 0 Å². The first-order valence-electron chi connectivity index (χ1n) is 7.48. The lowest BCUT2D eigenvalue weighted by Gasteiger charge is -2.19. The van der Waals surface area contributed by atoms with E-state index in [9.17, 15) is 4.79 Å². The number of hydrogen-bond acceptors (Lipinski definition) is 2. The molecule has 1 aliphatic heterocycles. The monoisotopic (exact) mass is 256 g/mol. The molecule has 1 heterocycles. The number of unbranched alkanes of at least 4 members (excludes halogenated alkanes) is 2. The number of carbonyl (C=O) groups is 1. The van der Waals surface area contributed by atoms with E-state index in [0.717, 1.165) is 19.3 Å². The molecular formula is C14H28O2Si. The van der Waals surface area contributed by atoms with Crippen molar-refractivity contribution in [1.82, 2.24) is 0 Å². The van der Waals surface area contributed by atoms with Crippen molar-refractivity contribution in [3.63, 3.8) is 0 Å². The minimum atomic E-state index is -0.369. The molecule has 1 saturated heterocycles. The normalized spacial score (nSPS) is 17.0. The fourth-order valence-electron chi connectivity index (χ4n) is 2.58. The van der Waals surface area contributed by atoms with Gasteiger partial charge in [0.2, 0.25) is 0 Å². The number of carbonyl (C=O) groups excluding carboxylic acids is 1. The van der Waals surface area contributed by atoms with Gasteiger partial charge in [-0.05, 0) is 12.8 Å². The molecule has 3 heteroatoms.